The third-order valence-electron chi connectivity index (χ3n) is 6.75. The third-order valence-corrected chi connectivity index (χ3v) is 8.04. The molecule has 2 N–H and O–H groups in total. The first kappa shape index (κ1) is 24.8. The number of hydrogen-bond acceptors (Lipinski definition) is 7. The van der Waals surface area contributed by atoms with E-state index in [1.165, 1.54) is 17.1 Å². The Balaban J connectivity index is 1.55. The normalized spacial score (nSPS) is 16.1. The van der Waals surface area contributed by atoms with Crippen molar-refractivity contribution in [2.24, 2.45) is 7.05 Å². The van der Waals surface area contributed by atoms with E-state index in [2.05, 4.69) is 24.7 Å². The van der Waals surface area contributed by atoms with E-state index in [0.29, 0.717) is 18.1 Å². The van der Waals surface area contributed by atoms with Crippen molar-refractivity contribution in [2.75, 3.05) is 22.7 Å². The van der Waals surface area contributed by atoms with Crippen LogP contribution in [-0.4, -0.2) is 46.4 Å². The lowest BCUT2D eigenvalue weighted by molar-refractivity contribution is 0.469. The summed E-state index contributed by atoms with van der Waals surface area (Å²) in [5, 5.41) is 14.0. The molecule has 1 fully saturated rings. The van der Waals surface area contributed by atoms with Gasteiger partial charge in [0.25, 0.3) is 10.0 Å². The number of rotatable bonds is 6. The number of piperidine rings is 1. The van der Waals surface area contributed by atoms with Gasteiger partial charge in [-0.2, -0.15) is 10.1 Å². The number of sulfonamides is 1. The molecule has 9 nitrogen and oxygen atoms in total. The van der Waals surface area contributed by atoms with Crippen LogP contribution in [0.3, 0.4) is 0 Å². The first-order valence-electron chi connectivity index (χ1n) is 12.2. The van der Waals surface area contributed by atoms with E-state index < -0.39 is 10.0 Å². The fourth-order valence-electron chi connectivity index (χ4n) is 4.94. The molecular formula is C27H30N6O3S. The van der Waals surface area contributed by atoms with Crippen molar-refractivity contribution in [3.63, 3.8) is 0 Å². The molecule has 0 saturated carbocycles. The average molecular weight is 519 g/mol. The maximum absolute atomic E-state index is 13.1. The van der Waals surface area contributed by atoms with Gasteiger partial charge in [-0.15, -0.1) is 0 Å². The second-order valence-corrected chi connectivity index (χ2v) is 11.2. The summed E-state index contributed by atoms with van der Waals surface area (Å²) in [6, 6.07) is 15.3. The number of nitrogens with zero attached hydrogens (tertiary/aromatic N) is 5. The molecule has 10 heteroatoms. The van der Waals surface area contributed by atoms with Gasteiger partial charge in [0.1, 0.15) is 16.5 Å². The highest BCUT2D eigenvalue weighted by atomic mass is 32.2. The van der Waals surface area contributed by atoms with E-state index in [4.69, 9.17) is 0 Å². The van der Waals surface area contributed by atoms with Gasteiger partial charge in [0, 0.05) is 43.9 Å². The minimum atomic E-state index is -3.92. The Hall–Kier alpha value is -3.92. The summed E-state index contributed by atoms with van der Waals surface area (Å²) < 4.78 is 30.1. The first-order chi connectivity index (χ1) is 17.7. The third kappa shape index (κ3) is 5.29. The van der Waals surface area contributed by atoms with Crippen molar-refractivity contribution in [3.8, 4) is 17.0 Å². The molecule has 1 saturated heterocycles. The van der Waals surface area contributed by atoms with Crippen molar-refractivity contribution in [1.82, 2.24) is 19.7 Å². The molecule has 5 rings (SSSR count). The summed E-state index contributed by atoms with van der Waals surface area (Å²) in [7, 11) is -2.26. The molecule has 192 valence electrons. The van der Waals surface area contributed by atoms with Gasteiger partial charge in [-0.1, -0.05) is 30.3 Å². The highest BCUT2D eigenvalue weighted by Gasteiger charge is 2.25. The Bertz CT molecular complexity index is 1530. The largest absolute Gasteiger partial charge is 0.508 e. The van der Waals surface area contributed by atoms with Crippen LogP contribution in [0, 0.1) is 13.8 Å². The van der Waals surface area contributed by atoms with Crippen LogP contribution in [0.1, 0.15) is 35.4 Å². The van der Waals surface area contributed by atoms with E-state index in [9.17, 15) is 13.5 Å². The van der Waals surface area contributed by atoms with Crippen LogP contribution in [0.15, 0.2) is 65.8 Å². The molecule has 1 atom stereocenters. The fraction of sp³-hybridized carbons (Fsp3) is 0.296. The number of aromatic hydroxyl groups is 1. The smallest absolute Gasteiger partial charge is 0.267 e. The molecule has 0 amide bonds. The summed E-state index contributed by atoms with van der Waals surface area (Å²) in [6.07, 6.45) is 4.67. The van der Waals surface area contributed by atoms with E-state index in [1.54, 1.807) is 13.1 Å². The highest BCUT2D eigenvalue weighted by molar-refractivity contribution is 7.92. The number of aryl methyl sites for hydroxylation is 3. The number of anilines is 2. The first-order valence-corrected chi connectivity index (χ1v) is 13.7. The number of phenolic OH excluding ortho intramolecular Hbond substituents is 1. The SMILES string of the molecule is Cc1cccc(C)c1-c1cc(N2CCCC(c3cccc(O)c3)C2)nc(NS(=O)(=O)c2cnn(C)c2)n1. The monoisotopic (exact) mass is 518 g/mol. The zero-order valence-electron chi connectivity index (χ0n) is 21.1. The molecule has 1 aliphatic rings. The summed E-state index contributed by atoms with van der Waals surface area (Å²) in [5.41, 5.74) is 4.77. The number of hydrogen-bond donors (Lipinski definition) is 2. The van der Waals surface area contributed by atoms with Crippen LogP contribution in [0.2, 0.25) is 0 Å². The highest BCUT2D eigenvalue weighted by Crippen LogP contribution is 2.34. The summed E-state index contributed by atoms with van der Waals surface area (Å²) in [4.78, 5) is 11.5. The van der Waals surface area contributed by atoms with Gasteiger partial charge in [-0.3, -0.25) is 4.68 Å². The molecule has 2 aromatic carbocycles. The van der Waals surface area contributed by atoms with Crippen LogP contribution in [0.25, 0.3) is 11.3 Å². The quantitative estimate of drug-likeness (QED) is 0.389. The van der Waals surface area contributed by atoms with E-state index in [1.807, 2.05) is 56.3 Å². The van der Waals surface area contributed by atoms with Crippen molar-refractivity contribution in [1.29, 1.82) is 0 Å². The number of nitrogens with one attached hydrogen (secondary N) is 1. The number of aromatic nitrogens is 4. The molecule has 0 bridgehead atoms. The maximum atomic E-state index is 13.1. The number of phenols is 1. The van der Waals surface area contributed by atoms with Gasteiger partial charge in [-0.25, -0.2) is 18.1 Å². The van der Waals surface area contributed by atoms with Gasteiger partial charge in [0.15, 0.2) is 0 Å². The zero-order chi connectivity index (χ0) is 26.2. The molecule has 4 aromatic rings. The molecule has 0 aliphatic carbocycles. The Morgan fingerprint density at radius 3 is 2.51 bits per heavy atom. The standard InChI is InChI=1S/C27H30N6O3S/c1-18-7-4-8-19(2)26(18)24-14-25(30-27(29-24)31-37(35,36)23-15-28-32(3)17-23)33-12-6-10-21(16-33)20-9-5-11-22(34)13-20/h4-5,7-9,11,13-15,17,21,34H,6,10,12,16H2,1-3H3,(H,29,30,31). The summed E-state index contributed by atoms with van der Waals surface area (Å²) in [6.45, 7) is 5.51. The lowest BCUT2D eigenvalue weighted by Gasteiger charge is -2.34. The van der Waals surface area contributed by atoms with Crippen LogP contribution in [0.4, 0.5) is 11.8 Å². The minimum absolute atomic E-state index is 0.0125. The molecule has 37 heavy (non-hydrogen) atoms. The Morgan fingerprint density at radius 1 is 1.05 bits per heavy atom. The lowest BCUT2D eigenvalue weighted by Crippen LogP contribution is -2.35. The van der Waals surface area contributed by atoms with E-state index in [-0.39, 0.29) is 22.5 Å². The second-order valence-electron chi connectivity index (χ2n) is 9.54. The zero-order valence-corrected chi connectivity index (χ0v) is 21.9. The second kappa shape index (κ2) is 9.85. The minimum Gasteiger partial charge on any atom is -0.508 e. The molecular weight excluding hydrogens is 488 g/mol. The predicted octanol–water partition coefficient (Wildman–Crippen LogP) is 4.38. The van der Waals surface area contributed by atoms with Crippen LogP contribution < -0.4 is 9.62 Å². The molecule has 2 aromatic heterocycles. The fourth-order valence-corrected chi connectivity index (χ4v) is 5.87. The topological polar surface area (TPSA) is 113 Å². The van der Waals surface area contributed by atoms with Crippen LogP contribution >= 0.6 is 0 Å². The molecule has 0 spiro atoms. The Kier molecular flexibility index (Phi) is 6.59. The van der Waals surface area contributed by atoms with E-state index in [0.717, 1.165) is 41.6 Å². The molecule has 1 unspecified atom stereocenters. The van der Waals surface area contributed by atoms with Crippen molar-refractivity contribution < 1.29 is 13.5 Å². The lowest BCUT2D eigenvalue weighted by atomic mass is 9.90. The van der Waals surface area contributed by atoms with Gasteiger partial charge in [-0.05, 0) is 55.5 Å². The summed E-state index contributed by atoms with van der Waals surface area (Å²) >= 11 is 0. The molecule has 1 aliphatic heterocycles. The van der Waals surface area contributed by atoms with E-state index >= 15 is 0 Å². The van der Waals surface area contributed by atoms with Gasteiger partial charge in [0.05, 0.1) is 11.9 Å². The van der Waals surface area contributed by atoms with Gasteiger partial charge in [0.2, 0.25) is 5.95 Å². The van der Waals surface area contributed by atoms with Gasteiger partial charge >= 0.3 is 0 Å². The number of benzene rings is 2. The van der Waals surface area contributed by atoms with Crippen molar-refractivity contribution >= 4 is 21.8 Å². The van der Waals surface area contributed by atoms with Crippen LogP contribution in [0.5, 0.6) is 5.75 Å². The van der Waals surface area contributed by atoms with Gasteiger partial charge < -0.3 is 10.0 Å². The van der Waals surface area contributed by atoms with Crippen LogP contribution in [-0.2, 0) is 17.1 Å². The Labute approximate surface area is 216 Å². The Morgan fingerprint density at radius 2 is 1.81 bits per heavy atom. The van der Waals surface area contributed by atoms with Crippen molar-refractivity contribution in [2.45, 2.75) is 37.5 Å². The predicted molar refractivity (Wildman–Crippen MR) is 143 cm³/mol. The summed E-state index contributed by atoms with van der Waals surface area (Å²) in [5.74, 6) is 1.14. The average Bonchev–Trinajstić information content (AvgIpc) is 3.31. The molecule has 0 radical (unpaired) electrons. The molecule has 3 heterocycles. The van der Waals surface area contributed by atoms with Crippen molar-refractivity contribution in [3.05, 3.63) is 77.6 Å². The maximum Gasteiger partial charge on any atom is 0.267 e.